The lowest BCUT2D eigenvalue weighted by molar-refractivity contribution is 0.592. The smallest absolute Gasteiger partial charge is 0.262 e. The average molecular weight is 394 g/mol. The highest BCUT2D eigenvalue weighted by atomic mass is 79.9. The second-order valence-electron chi connectivity index (χ2n) is 5.53. The van der Waals surface area contributed by atoms with E-state index in [0.29, 0.717) is 0 Å². The molecule has 0 aliphatic rings. The molecule has 0 aromatic heterocycles. The summed E-state index contributed by atoms with van der Waals surface area (Å²) >= 11 is 3.33. The van der Waals surface area contributed by atoms with Gasteiger partial charge in [0.1, 0.15) is 0 Å². The summed E-state index contributed by atoms with van der Waals surface area (Å²) in [5.41, 5.74) is 3.71. The highest BCUT2D eigenvalue weighted by Gasteiger charge is 2.26. The Bertz CT molecular complexity index is 804. The highest BCUT2D eigenvalue weighted by molar-refractivity contribution is 9.10. The van der Waals surface area contributed by atoms with Gasteiger partial charge in [-0.1, -0.05) is 39.7 Å². The number of nitrogens with zero attached hydrogens (tertiary/aromatic N) is 1. The molecule has 0 aliphatic heterocycles. The van der Waals surface area contributed by atoms with Crippen molar-refractivity contribution in [3.05, 3.63) is 70.2 Å². The van der Waals surface area contributed by atoms with Gasteiger partial charge in [-0.2, -0.15) is 0 Å². The zero-order chi connectivity index (χ0) is 17.2. The van der Waals surface area contributed by atoms with Crippen LogP contribution < -0.4 is 4.31 Å². The van der Waals surface area contributed by atoms with Gasteiger partial charge in [-0.25, -0.2) is 8.42 Å². The number of rotatable bonds is 5. The van der Waals surface area contributed by atoms with Crippen LogP contribution in [0.3, 0.4) is 0 Å². The number of benzene rings is 2. The Morgan fingerprint density at radius 2 is 1.61 bits per heavy atom. The van der Waals surface area contributed by atoms with Gasteiger partial charge >= 0.3 is 0 Å². The molecule has 2 aromatic carbocycles. The summed E-state index contributed by atoms with van der Waals surface area (Å²) in [5, 5.41) is 0. The largest absolute Gasteiger partial charge is 0.264 e. The fourth-order valence-electron chi connectivity index (χ4n) is 2.73. The van der Waals surface area contributed by atoms with E-state index in [4.69, 9.17) is 0 Å². The summed E-state index contributed by atoms with van der Waals surface area (Å²) in [6.45, 7) is 9.81. The first-order chi connectivity index (χ1) is 10.8. The van der Waals surface area contributed by atoms with Gasteiger partial charge in [-0.05, 0) is 56.2 Å². The lowest BCUT2D eigenvalue weighted by atomic mass is 10.1. The van der Waals surface area contributed by atoms with Gasteiger partial charge in [0.15, 0.2) is 0 Å². The monoisotopic (exact) mass is 393 g/mol. The summed E-state index contributed by atoms with van der Waals surface area (Å²) < 4.78 is 28.4. The Morgan fingerprint density at radius 3 is 2.09 bits per heavy atom. The molecule has 0 heterocycles. The molecule has 2 rings (SSSR count). The van der Waals surface area contributed by atoms with Crippen molar-refractivity contribution in [2.75, 3.05) is 10.8 Å². The van der Waals surface area contributed by atoms with Crippen LogP contribution in [0.25, 0.3) is 0 Å². The molecule has 0 fully saturated rings. The van der Waals surface area contributed by atoms with E-state index in [9.17, 15) is 8.42 Å². The first kappa shape index (κ1) is 17.8. The molecule has 3 nitrogen and oxygen atoms in total. The summed E-state index contributed by atoms with van der Waals surface area (Å²) in [4.78, 5) is 0.266. The number of aryl methyl sites for hydroxylation is 3. The molecule has 0 radical (unpaired) electrons. The minimum atomic E-state index is -3.65. The lowest BCUT2D eigenvalue weighted by Crippen LogP contribution is -2.32. The first-order valence-electron chi connectivity index (χ1n) is 7.24. The summed E-state index contributed by atoms with van der Waals surface area (Å²) in [5.74, 6) is 0. The maximum atomic E-state index is 13.1. The van der Waals surface area contributed by atoms with Crippen LogP contribution in [0.2, 0.25) is 0 Å². The molecule has 122 valence electrons. The van der Waals surface area contributed by atoms with Crippen LogP contribution in [0.1, 0.15) is 16.7 Å². The SMILES string of the molecule is C=CCN(c1c(C)cc(C)cc1C)S(=O)(=O)c1ccc(Br)cc1. The maximum Gasteiger partial charge on any atom is 0.264 e. The molecule has 0 spiro atoms. The van der Waals surface area contributed by atoms with Gasteiger partial charge in [-0.3, -0.25) is 4.31 Å². The van der Waals surface area contributed by atoms with Crippen LogP contribution in [0.4, 0.5) is 5.69 Å². The fourth-order valence-corrected chi connectivity index (χ4v) is 4.56. The maximum absolute atomic E-state index is 13.1. The zero-order valence-corrected chi connectivity index (χ0v) is 15.9. The molecule has 23 heavy (non-hydrogen) atoms. The molecule has 0 saturated heterocycles. The summed E-state index contributed by atoms with van der Waals surface area (Å²) in [6, 6.07) is 10.7. The van der Waals surface area contributed by atoms with Crippen molar-refractivity contribution in [1.29, 1.82) is 0 Å². The molecule has 5 heteroatoms. The molecular formula is C18H20BrNO2S. The molecule has 0 amide bonds. The second kappa shape index (κ2) is 6.89. The Hall–Kier alpha value is -1.59. The number of sulfonamides is 1. The lowest BCUT2D eigenvalue weighted by Gasteiger charge is -2.27. The molecule has 0 saturated carbocycles. The predicted molar refractivity (Wildman–Crippen MR) is 99.5 cm³/mol. The van der Waals surface area contributed by atoms with E-state index in [1.54, 1.807) is 30.3 Å². The van der Waals surface area contributed by atoms with E-state index >= 15 is 0 Å². The summed E-state index contributed by atoms with van der Waals surface area (Å²) in [7, 11) is -3.65. The van der Waals surface area contributed by atoms with E-state index in [0.717, 1.165) is 26.9 Å². The van der Waals surface area contributed by atoms with Crippen molar-refractivity contribution < 1.29 is 8.42 Å². The predicted octanol–water partition coefficient (Wildman–Crippen LogP) is 4.76. The van der Waals surface area contributed by atoms with E-state index in [1.807, 2.05) is 32.9 Å². The van der Waals surface area contributed by atoms with Crippen molar-refractivity contribution in [3.63, 3.8) is 0 Å². The van der Waals surface area contributed by atoms with Crippen molar-refractivity contribution in [1.82, 2.24) is 0 Å². The van der Waals surface area contributed by atoms with Gasteiger partial charge in [-0.15, -0.1) is 6.58 Å². The third kappa shape index (κ3) is 3.67. The van der Waals surface area contributed by atoms with Crippen molar-refractivity contribution >= 4 is 31.6 Å². The van der Waals surface area contributed by atoms with Crippen molar-refractivity contribution in [2.45, 2.75) is 25.7 Å². The molecule has 2 aromatic rings. The minimum Gasteiger partial charge on any atom is -0.262 e. The van der Waals surface area contributed by atoms with Gasteiger partial charge in [0.05, 0.1) is 17.1 Å². The minimum absolute atomic E-state index is 0.225. The van der Waals surface area contributed by atoms with Crippen LogP contribution in [-0.4, -0.2) is 15.0 Å². The number of anilines is 1. The second-order valence-corrected chi connectivity index (χ2v) is 8.30. The van der Waals surface area contributed by atoms with Gasteiger partial charge < -0.3 is 0 Å². The van der Waals surface area contributed by atoms with E-state index in [1.165, 1.54) is 4.31 Å². The molecule has 0 aliphatic carbocycles. The normalized spacial score (nSPS) is 11.3. The average Bonchev–Trinajstić information content (AvgIpc) is 2.45. The van der Waals surface area contributed by atoms with Crippen LogP contribution in [-0.2, 0) is 10.0 Å². The van der Waals surface area contributed by atoms with Crippen molar-refractivity contribution in [3.8, 4) is 0 Å². The van der Waals surface area contributed by atoms with E-state index in [2.05, 4.69) is 22.5 Å². The topological polar surface area (TPSA) is 37.4 Å². The standard InChI is InChI=1S/C18H20BrNO2S/c1-5-10-20(18-14(3)11-13(2)12-15(18)4)23(21,22)17-8-6-16(19)7-9-17/h5-9,11-12H,1,10H2,2-4H3. The van der Waals surface area contributed by atoms with Crippen LogP contribution in [0.15, 0.2) is 58.4 Å². The van der Waals surface area contributed by atoms with Gasteiger partial charge in [0.2, 0.25) is 0 Å². The van der Waals surface area contributed by atoms with Gasteiger partial charge in [0, 0.05) is 4.47 Å². The quantitative estimate of drug-likeness (QED) is 0.686. The Kier molecular flexibility index (Phi) is 5.32. The van der Waals surface area contributed by atoms with Crippen LogP contribution >= 0.6 is 15.9 Å². The van der Waals surface area contributed by atoms with Crippen LogP contribution in [0.5, 0.6) is 0 Å². The molecule has 0 unspecified atom stereocenters. The third-order valence-corrected chi connectivity index (χ3v) is 5.89. The third-order valence-electron chi connectivity index (χ3n) is 3.58. The van der Waals surface area contributed by atoms with Gasteiger partial charge in [0.25, 0.3) is 10.0 Å². The fraction of sp³-hybridized carbons (Fsp3) is 0.222. The van der Waals surface area contributed by atoms with E-state index in [-0.39, 0.29) is 11.4 Å². The molecule has 0 bridgehead atoms. The number of hydrogen-bond donors (Lipinski definition) is 0. The highest BCUT2D eigenvalue weighted by Crippen LogP contribution is 2.31. The molecular weight excluding hydrogens is 374 g/mol. The zero-order valence-electron chi connectivity index (χ0n) is 13.5. The first-order valence-corrected chi connectivity index (χ1v) is 9.47. The Labute approximate surface area is 146 Å². The molecule has 0 N–H and O–H groups in total. The van der Waals surface area contributed by atoms with E-state index < -0.39 is 10.0 Å². The Morgan fingerprint density at radius 1 is 1.09 bits per heavy atom. The summed E-state index contributed by atoms with van der Waals surface area (Å²) in [6.07, 6.45) is 1.61. The number of hydrogen-bond acceptors (Lipinski definition) is 2. The molecule has 0 atom stereocenters. The van der Waals surface area contributed by atoms with Crippen molar-refractivity contribution in [2.24, 2.45) is 0 Å². The Balaban J connectivity index is 2.63. The number of halogens is 1. The van der Waals surface area contributed by atoms with Crippen LogP contribution in [0, 0.1) is 20.8 Å².